The zero-order chi connectivity index (χ0) is 11.1. The maximum absolute atomic E-state index is 11.0. The highest BCUT2D eigenvalue weighted by Gasteiger charge is 2.23. The van der Waals surface area contributed by atoms with Crippen molar-refractivity contribution in [2.75, 3.05) is 0 Å². The van der Waals surface area contributed by atoms with E-state index in [9.17, 15) is 4.79 Å². The van der Waals surface area contributed by atoms with E-state index >= 15 is 0 Å². The number of fused-ring (bicyclic) bond motifs is 1. The van der Waals surface area contributed by atoms with Gasteiger partial charge in [-0.15, -0.1) is 5.10 Å². The number of aromatic nitrogens is 3. The standard InChI is InChI=1S/C11H11N3O2/c15-11(16)8-2-1-3-9-10(8)12-13-14(9)6-7-4-5-7/h1-3,7H,4-6H2,(H,15,16). The Kier molecular flexibility index (Phi) is 1.92. The Hall–Kier alpha value is -1.91. The van der Waals surface area contributed by atoms with Crippen LogP contribution in [-0.4, -0.2) is 26.1 Å². The second-order valence-corrected chi connectivity index (χ2v) is 4.19. The minimum Gasteiger partial charge on any atom is -0.478 e. The number of carboxylic acid groups (broad SMARTS) is 1. The fraction of sp³-hybridized carbons (Fsp3) is 0.364. The number of hydrogen-bond donors (Lipinski definition) is 1. The van der Waals surface area contributed by atoms with E-state index in [2.05, 4.69) is 10.3 Å². The molecule has 16 heavy (non-hydrogen) atoms. The first-order chi connectivity index (χ1) is 7.75. The molecule has 2 aromatic rings. The average Bonchev–Trinajstić information content (AvgIpc) is 2.98. The van der Waals surface area contributed by atoms with Crippen molar-refractivity contribution in [2.24, 2.45) is 5.92 Å². The van der Waals surface area contributed by atoms with Crippen LogP contribution in [0.25, 0.3) is 11.0 Å². The van der Waals surface area contributed by atoms with Crippen molar-refractivity contribution < 1.29 is 9.90 Å². The van der Waals surface area contributed by atoms with E-state index in [4.69, 9.17) is 5.11 Å². The Labute approximate surface area is 91.7 Å². The molecule has 1 heterocycles. The second-order valence-electron chi connectivity index (χ2n) is 4.19. The predicted molar refractivity (Wildman–Crippen MR) is 57.2 cm³/mol. The van der Waals surface area contributed by atoms with Crippen molar-refractivity contribution in [1.82, 2.24) is 15.0 Å². The predicted octanol–water partition coefficient (Wildman–Crippen LogP) is 1.54. The summed E-state index contributed by atoms with van der Waals surface area (Å²) in [5.41, 5.74) is 1.52. The molecule has 82 valence electrons. The van der Waals surface area contributed by atoms with Crippen LogP contribution >= 0.6 is 0 Å². The summed E-state index contributed by atoms with van der Waals surface area (Å²) in [6.07, 6.45) is 2.47. The Bertz CT molecular complexity index is 557. The number of carboxylic acids is 1. The van der Waals surface area contributed by atoms with Gasteiger partial charge in [0.25, 0.3) is 0 Å². The Morgan fingerprint density at radius 3 is 3.00 bits per heavy atom. The van der Waals surface area contributed by atoms with Gasteiger partial charge in [-0.05, 0) is 30.9 Å². The molecule has 0 aliphatic heterocycles. The number of benzene rings is 1. The van der Waals surface area contributed by atoms with Gasteiger partial charge < -0.3 is 5.11 Å². The summed E-state index contributed by atoms with van der Waals surface area (Å²) in [6.45, 7) is 0.847. The molecule has 0 spiro atoms. The highest BCUT2D eigenvalue weighted by molar-refractivity contribution is 6.00. The molecule has 1 fully saturated rings. The SMILES string of the molecule is O=C(O)c1cccc2c1nnn2CC1CC1. The molecule has 5 nitrogen and oxygen atoms in total. The monoisotopic (exact) mass is 217 g/mol. The molecule has 5 heteroatoms. The van der Waals surface area contributed by atoms with Crippen molar-refractivity contribution in [3.63, 3.8) is 0 Å². The molecule has 0 atom stereocenters. The van der Waals surface area contributed by atoms with E-state index in [0.29, 0.717) is 11.4 Å². The topological polar surface area (TPSA) is 68.0 Å². The Morgan fingerprint density at radius 2 is 2.31 bits per heavy atom. The highest BCUT2D eigenvalue weighted by atomic mass is 16.4. The molecule has 0 bridgehead atoms. The van der Waals surface area contributed by atoms with Gasteiger partial charge in [-0.25, -0.2) is 9.48 Å². The minimum absolute atomic E-state index is 0.222. The van der Waals surface area contributed by atoms with E-state index in [1.54, 1.807) is 16.8 Å². The van der Waals surface area contributed by atoms with E-state index in [0.717, 1.165) is 12.1 Å². The summed E-state index contributed by atoms with van der Waals surface area (Å²) in [7, 11) is 0. The number of aromatic carboxylic acids is 1. The molecule has 1 saturated carbocycles. The minimum atomic E-state index is -0.955. The summed E-state index contributed by atoms with van der Waals surface area (Å²) in [5.74, 6) is -0.262. The molecular weight excluding hydrogens is 206 g/mol. The van der Waals surface area contributed by atoms with Gasteiger partial charge in [0.1, 0.15) is 5.52 Å². The molecule has 3 rings (SSSR count). The smallest absolute Gasteiger partial charge is 0.338 e. The molecule has 1 N–H and O–H groups in total. The number of rotatable bonds is 3. The van der Waals surface area contributed by atoms with Crippen LogP contribution in [0, 0.1) is 5.92 Å². The lowest BCUT2D eigenvalue weighted by Crippen LogP contribution is -2.02. The lowest BCUT2D eigenvalue weighted by molar-refractivity contribution is 0.0699. The number of nitrogens with zero attached hydrogens (tertiary/aromatic N) is 3. The molecule has 1 aromatic heterocycles. The normalized spacial score (nSPS) is 15.5. The van der Waals surface area contributed by atoms with Crippen LogP contribution in [0.4, 0.5) is 0 Å². The van der Waals surface area contributed by atoms with Crippen LogP contribution in [0.2, 0.25) is 0 Å². The van der Waals surface area contributed by atoms with E-state index in [1.165, 1.54) is 12.8 Å². The van der Waals surface area contributed by atoms with Gasteiger partial charge in [0.05, 0.1) is 11.1 Å². The molecular formula is C11H11N3O2. The molecule has 0 radical (unpaired) electrons. The first-order valence-corrected chi connectivity index (χ1v) is 5.31. The summed E-state index contributed by atoms with van der Waals surface area (Å²) in [4.78, 5) is 11.0. The fourth-order valence-corrected chi connectivity index (χ4v) is 1.84. The lowest BCUT2D eigenvalue weighted by atomic mass is 10.2. The molecule has 0 unspecified atom stereocenters. The third kappa shape index (κ3) is 1.44. The third-order valence-electron chi connectivity index (χ3n) is 2.90. The Morgan fingerprint density at radius 1 is 1.50 bits per heavy atom. The quantitative estimate of drug-likeness (QED) is 0.846. The van der Waals surface area contributed by atoms with Crippen LogP contribution in [0.3, 0.4) is 0 Å². The number of carbonyl (C=O) groups is 1. The molecule has 0 saturated heterocycles. The van der Waals surface area contributed by atoms with Crippen LogP contribution in [0.5, 0.6) is 0 Å². The maximum Gasteiger partial charge on any atom is 0.338 e. The average molecular weight is 217 g/mol. The van der Waals surface area contributed by atoms with Gasteiger partial charge in [-0.1, -0.05) is 11.3 Å². The van der Waals surface area contributed by atoms with Gasteiger partial charge in [-0.3, -0.25) is 0 Å². The molecule has 1 aliphatic carbocycles. The van der Waals surface area contributed by atoms with Gasteiger partial charge in [-0.2, -0.15) is 0 Å². The summed E-state index contributed by atoms with van der Waals surface area (Å²) in [5, 5.41) is 17.0. The van der Waals surface area contributed by atoms with Crippen LogP contribution in [-0.2, 0) is 6.54 Å². The van der Waals surface area contributed by atoms with Crippen LogP contribution in [0.1, 0.15) is 23.2 Å². The molecule has 1 aliphatic rings. The van der Waals surface area contributed by atoms with Crippen molar-refractivity contribution in [2.45, 2.75) is 19.4 Å². The zero-order valence-electron chi connectivity index (χ0n) is 8.63. The van der Waals surface area contributed by atoms with E-state index < -0.39 is 5.97 Å². The van der Waals surface area contributed by atoms with E-state index in [1.807, 2.05) is 6.07 Å². The number of hydrogen-bond acceptors (Lipinski definition) is 3. The van der Waals surface area contributed by atoms with Crippen LogP contribution < -0.4 is 0 Å². The highest BCUT2D eigenvalue weighted by Crippen LogP contribution is 2.31. The van der Waals surface area contributed by atoms with Gasteiger partial charge in [0.2, 0.25) is 0 Å². The third-order valence-corrected chi connectivity index (χ3v) is 2.90. The van der Waals surface area contributed by atoms with Gasteiger partial charge >= 0.3 is 5.97 Å². The largest absolute Gasteiger partial charge is 0.478 e. The Balaban J connectivity index is 2.11. The first kappa shape index (κ1) is 9.33. The molecule has 1 aromatic carbocycles. The fourth-order valence-electron chi connectivity index (χ4n) is 1.84. The van der Waals surface area contributed by atoms with Gasteiger partial charge in [0, 0.05) is 6.54 Å². The second kappa shape index (κ2) is 3.30. The van der Waals surface area contributed by atoms with E-state index in [-0.39, 0.29) is 5.56 Å². The summed E-state index contributed by atoms with van der Waals surface area (Å²) < 4.78 is 1.80. The summed E-state index contributed by atoms with van der Waals surface area (Å²) in [6, 6.07) is 5.16. The van der Waals surface area contributed by atoms with Crippen molar-refractivity contribution in [1.29, 1.82) is 0 Å². The van der Waals surface area contributed by atoms with Crippen LogP contribution in [0.15, 0.2) is 18.2 Å². The van der Waals surface area contributed by atoms with Gasteiger partial charge in [0.15, 0.2) is 0 Å². The van der Waals surface area contributed by atoms with Crippen molar-refractivity contribution in [3.8, 4) is 0 Å². The molecule has 0 amide bonds. The van der Waals surface area contributed by atoms with Crippen molar-refractivity contribution >= 4 is 17.0 Å². The zero-order valence-corrected chi connectivity index (χ0v) is 8.63. The van der Waals surface area contributed by atoms with Crippen molar-refractivity contribution in [3.05, 3.63) is 23.8 Å². The lowest BCUT2D eigenvalue weighted by Gasteiger charge is -2.00. The summed E-state index contributed by atoms with van der Waals surface area (Å²) >= 11 is 0. The first-order valence-electron chi connectivity index (χ1n) is 5.31. The maximum atomic E-state index is 11.0.